The Kier molecular flexibility index (Phi) is 5.16. The highest BCUT2D eigenvalue weighted by Crippen LogP contribution is 2.04. The Balaban J connectivity index is 2.44. The number of rotatable bonds is 6. The zero-order chi connectivity index (χ0) is 12.7. The van der Waals surface area contributed by atoms with E-state index in [1.807, 2.05) is 13.0 Å². The predicted molar refractivity (Wildman–Crippen MR) is 63.8 cm³/mol. The van der Waals surface area contributed by atoms with Gasteiger partial charge in [0.1, 0.15) is 0 Å². The van der Waals surface area contributed by atoms with E-state index >= 15 is 0 Å². The molecule has 1 amide bonds. The van der Waals surface area contributed by atoms with Crippen molar-refractivity contribution in [2.45, 2.75) is 13.5 Å². The number of carbonyl (C=O) groups excluding carboxylic acids is 1. The summed E-state index contributed by atoms with van der Waals surface area (Å²) in [6.07, 6.45) is 0. The minimum absolute atomic E-state index is 0.0677. The number of aromatic carboxylic acids is 1. The average molecular weight is 236 g/mol. The van der Waals surface area contributed by atoms with Crippen LogP contribution in [0.2, 0.25) is 0 Å². The Morgan fingerprint density at radius 3 is 2.76 bits per heavy atom. The van der Waals surface area contributed by atoms with Crippen LogP contribution in [0.5, 0.6) is 0 Å². The molecule has 0 atom stereocenters. The molecule has 5 nitrogen and oxygen atoms in total. The van der Waals surface area contributed by atoms with E-state index in [2.05, 4.69) is 10.6 Å². The summed E-state index contributed by atoms with van der Waals surface area (Å²) in [5.74, 6) is -1.02. The molecular weight excluding hydrogens is 220 g/mol. The first-order valence-corrected chi connectivity index (χ1v) is 5.43. The summed E-state index contributed by atoms with van der Waals surface area (Å²) >= 11 is 0. The maximum absolute atomic E-state index is 11.1. The maximum atomic E-state index is 11.1. The molecule has 0 bridgehead atoms. The number of carboxylic acid groups (broad SMARTS) is 1. The molecular formula is C12H16N2O3. The van der Waals surface area contributed by atoms with E-state index in [0.717, 1.165) is 5.56 Å². The van der Waals surface area contributed by atoms with Crippen molar-refractivity contribution in [3.8, 4) is 0 Å². The van der Waals surface area contributed by atoms with Gasteiger partial charge in [-0.1, -0.05) is 12.1 Å². The largest absolute Gasteiger partial charge is 0.478 e. The monoisotopic (exact) mass is 236 g/mol. The number of likely N-dealkylation sites (N-methyl/N-ethyl adjacent to an activating group) is 1. The molecule has 17 heavy (non-hydrogen) atoms. The summed E-state index contributed by atoms with van der Waals surface area (Å²) in [7, 11) is 0. The fourth-order valence-corrected chi connectivity index (χ4v) is 1.39. The maximum Gasteiger partial charge on any atom is 0.335 e. The molecule has 1 aromatic carbocycles. The topological polar surface area (TPSA) is 78.4 Å². The van der Waals surface area contributed by atoms with Crippen LogP contribution in [0.1, 0.15) is 22.8 Å². The highest BCUT2D eigenvalue weighted by molar-refractivity contribution is 5.87. The second-order valence-electron chi connectivity index (χ2n) is 3.56. The lowest BCUT2D eigenvalue weighted by molar-refractivity contribution is -0.120. The van der Waals surface area contributed by atoms with E-state index < -0.39 is 5.97 Å². The molecule has 1 aromatic rings. The summed E-state index contributed by atoms with van der Waals surface area (Å²) in [5.41, 5.74) is 1.09. The summed E-state index contributed by atoms with van der Waals surface area (Å²) < 4.78 is 0. The van der Waals surface area contributed by atoms with Gasteiger partial charge in [0, 0.05) is 13.1 Å². The number of amides is 1. The number of nitrogens with one attached hydrogen (secondary N) is 2. The van der Waals surface area contributed by atoms with Crippen molar-refractivity contribution in [3.63, 3.8) is 0 Å². The Hall–Kier alpha value is -1.88. The fraction of sp³-hybridized carbons (Fsp3) is 0.333. The first-order valence-electron chi connectivity index (χ1n) is 5.43. The van der Waals surface area contributed by atoms with E-state index in [9.17, 15) is 9.59 Å². The van der Waals surface area contributed by atoms with Gasteiger partial charge in [-0.25, -0.2) is 4.79 Å². The van der Waals surface area contributed by atoms with Crippen LogP contribution < -0.4 is 10.6 Å². The third-order valence-corrected chi connectivity index (χ3v) is 2.16. The molecule has 0 radical (unpaired) electrons. The molecule has 92 valence electrons. The minimum atomic E-state index is -0.949. The lowest BCUT2D eigenvalue weighted by Crippen LogP contribution is -2.33. The van der Waals surface area contributed by atoms with E-state index in [0.29, 0.717) is 13.1 Å². The number of carboxylic acids is 1. The number of hydrogen-bond acceptors (Lipinski definition) is 3. The third-order valence-electron chi connectivity index (χ3n) is 2.16. The molecule has 0 fully saturated rings. The molecule has 0 aliphatic rings. The van der Waals surface area contributed by atoms with Gasteiger partial charge in [0.25, 0.3) is 0 Å². The quantitative estimate of drug-likeness (QED) is 0.676. The SMILES string of the molecule is CCNC(=O)CNCc1cccc(C(=O)O)c1. The molecule has 0 saturated carbocycles. The van der Waals surface area contributed by atoms with Crippen LogP contribution in [0.4, 0.5) is 0 Å². The van der Waals surface area contributed by atoms with Gasteiger partial charge in [-0.15, -0.1) is 0 Å². The highest BCUT2D eigenvalue weighted by Gasteiger charge is 2.03. The Labute approximate surface area is 99.8 Å². The molecule has 0 unspecified atom stereocenters. The van der Waals surface area contributed by atoms with Gasteiger partial charge in [-0.2, -0.15) is 0 Å². The van der Waals surface area contributed by atoms with E-state index in [-0.39, 0.29) is 18.0 Å². The second kappa shape index (κ2) is 6.65. The van der Waals surface area contributed by atoms with Gasteiger partial charge in [0.15, 0.2) is 0 Å². The van der Waals surface area contributed by atoms with Crippen molar-refractivity contribution < 1.29 is 14.7 Å². The second-order valence-corrected chi connectivity index (χ2v) is 3.56. The van der Waals surface area contributed by atoms with Crippen molar-refractivity contribution in [3.05, 3.63) is 35.4 Å². The van der Waals surface area contributed by atoms with Gasteiger partial charge >= 0.3 is 5.97 Å². The van der Waals surface area contributed by atoms with Crippen molar-refractivity contribution >= 4 is 11.9 Å². The van der Waals surface area contributed by atoms with Crippen LogP contribution in [-0.2, 0) is 11.3 Å². The van der Waals surface area contributed by atoms with E-state index in [4.69, 9.17) is 5.11 Å². The summed E-state index contributed by atoms with van der Waals surface area (Å²) in [6.45, 7) is 3.16. The van der Waals surface area contributed by atoms with Gasteiger partial charge in [-0.3, -0.25) is 4.79 Å². The molecule has 0 heterocycles. The lowest BCUT2D eigenvalue weighted by Gasteiger charge is -2.05. The first-order chi connectivity index (χ1) is 8.13. The van der Waals surface area contributed by atoms with Crippen molar-refractivity contribution in [2.24, 2.45) is 0 Å². The van der Waals surface area contributed by atoms with Crippen molar-refractivity contribution in [2.75, 3.05) is 13.1 Å². The predicted octanol–water partition coefficient (Wildman–Crippen LogP) is 0.610. The number of hydrogen-bond donors (Lipinski definition) is 3. The van der Waals surface area contributed by atoms with Crippen LogP contribution in [0.25, 0.3) is 0 Å². The molecule has 0 spiro atoms. The summed E-state index contributed by atoms with van der Waals surface area (Å²) in [4.78, 5) is 21.9. The third kappa shape index (κ3) is 4.65. The first kappa shape index (κ1) is 13.2. The normalized spacial score (nSPS) is 9.94. The smallest absolute Gasteiger partial charge is 0.335 e. The molecule has 3 N–H and O–H groups in total. The average Bonchev–Trinajstić information content (AvgIpc) is 2.30. The highest BCUT2D eigenvalue weighted by atomic mass is 16.4. The van der Waals surface area contributed by atoms with Crippen molar-refractivity contribution in [1.29, 1.82) is 0 Å². The van der Waals surface area contributed by atoms with Crippen LogP contribution in [0, 0.1) is 0 Å². The molecule has 0 saturated heterocycles. The molecule has 0 aliphatic heterocycles. The van der Waals surface area contributed by atoms with Gasteiger partial charge in [0.05, 0.1) is 12.1 Å². The lowest BCUT2D eigenvalue weighted by atomic mass is 10.1. The Bertz CT molecular complexity index is 404. The molecule has 0 aromatic heterocycles. The fourth-order valence-electron chi connectivity index (χ4n) is 1.39. The van der Waals surface area contributed by atoms with E-state index in [1.165, 1.54) is 6.07 Å². The van der Waals surface area contributed by atoms with Crippen LogP contribution >= 0.6 is 0 Å². The summed E-state index contributed by atoms with van der Waals surface area (Å²) in [6, 6.07) is 6.63. The van der Waals surface area contributed by atoms with Gasteiger partial charge in [0.2, 0.25) is 5.91 Å². The Morgan fingerprint density at radius 1 is 1.35 bits per heavy atom. The zero-order valence-electron chi connectivity index (χ0n) is 9.69. The summed E-state index contributed by atoms with van der Waals surface area (Å²) in [5, 5.41) is 14.4. The number of benzene rings is 1. The number of carbonyl (C=O) groups is 2. The molecule has 5 heteroatoms. The van der Waals surface area contributed by atoms with Crippen LogP contribution in [0.3, 0.4) is 0 Å². The minimum Gasteiger partial charge on any atom is -0.478 e. The van der Waals surface area contributed by atoms with E-state index in [1.54, 1.807) is 12.1 Å². The zero-order valence-corrected chi connectivity index (χ0v) is 9.69. The Morgan fingerprint density at radius 2 is 2.12 bits per heavy atom. The standard InChI is InChI=1S/C12H16N2O3/c1-2-14-11(15)8-13-7-9-4-3-5-10(6-9)12(16)17/h3-6,13H,2,7-8H2,1H3,(H,14,15)(H,16,17). The molecule has 0 aliphatic carbocycles. The molecule has 1 rings (SSSR count). The van der Waals surface area contributed by atoms with Crippen molar-refractivity contribution in [1.82, 2.24) is 10.6 Å². The van der Waals surface area contributed by atoms with Crippen LogP contribution in [-0.4, -0.2) is 30.1 Å². The van der Waals surface area contributed by atoms with Gasteiger partial charge < -0.3 is 15.7 Å². The van der Waals surface area contributed by atoms with Crippen LogP contribution in [0.15, 0.2) is 24.3 Å². The van der Waals surface area contributed by atoms with Gasteiger partial charge in [-0.05, 0) is 24.6 Å².